The predicted octanol–water partition coefficient (Wildman–Crippen LogP) is 7.18. The number of ether oxygens (including phenoxy) is 2. The predicted molar refractivity (Wildman–Crippen MR) is 198 cm³/mol. The Morgan fingerprint density at radius 2 is 1.82 bits per heavy atom. The number of nitrogens with zero attached hydrogens (tertiary/aromatic N) is 3. The van der Waals surface area contributed by atoms with Crippen LogP contribution in [0.2, 0.25) is 0 Å². The number of nitrogens with one attached hydrogen (secondary N) is 2. The van der Waals surface area contributed by atoms with E-state index in [0.29, 0.717) is 16.5 Å². The SMILES string of the molecule is CC(C)OC(=O)[C@H](C)Cc1cccc(C(NCC(F)(F)CCS(=O)(=O)CCO)c2nc(-c3cc(Oc4c(F)c(F)c5[nH]ccc5c4Br)ccc3F)n(C)n2)c1. The van der Waals surface area contributed by atoms with Crippen molar-refractivity contribution in [3.05, 3.63) is 93.6 Å². The summed E-state index contributed by atoms with van der Waals surface area (Å²) in [6.45, 7) is 3.44. The first-order valence-corrected chi connectivity index (χ1v) is 19.7. The van der Waals surface area contributed by atoms with Crippen molar-refractivity contribution in [2.75, 3.05) is 24.7 Å². The van der Waals surface area contributed by atoms with Crippen LogP contribution in [0, 0.1) is 23.4 Å². The normalized spacial score (nSPS) is 13.4. The van der Waals surface area contributed by atoms with Gasteiger partial charge in [-0.3, -0.25) is 10.1 Å². The zero-order valence-corrected chi connectivity index (χ0v) is 32.6. The molecule has 55 heavy (non-hydrogen) atoms. The molecule has 3 N–H and O–H groups in total. The first-order valence-electron chi connectivity index (χ1n) is 17.1. The number of aryl methyl sites for hydroxylation is 1. The summed E-state index contributed by atoms with van der Waals surface area (Å²) in [5.74, 6) is -9.96. The number of carbonyl (C=O) groups is 1. The quantitative estimate of drug-likeness (QED) is 0.0503. The van der Waals surface area contributed by atoms with Crippen LogP contribution < -0.4 is 10.1 Å². The second-order valence-electron chi connectivity index (χ2n) is 13.3. The maximum absolute atomic E-state index is 15.5. The standard InChI is InChI=1S/C37H39BrF5N5O6S/c1-20(2)53-36(50)21(3)16-22-6-5-7-23(17-22)31(45-19-37(42,43)11-14-55(51,52)15-13-49)34-46-35(48(4)47-34)26-18-24(8-9-27(26)39)54-33-28(38)25-10-12-44-32(25)29(40)30(33)41/h5-10,12,17-18,20-21,31,44-45,49H,11,13-16,19H2,1-4H3/t21-,31?/m1/s1. The molecule has 0 fully saturated rings. The van der Waals surface area contributed by atoms with Gasteiger partial charge in [0.05, 0.1) is 58.3 Å². The number of carbonyl (C=O) groups excluding carboxylic acids is 1. The average molecular weight is 857 g/mol. The van der Waals surface area contributed by atoms with E-state index >= 15 is 17.6 Å². The van der Waals surface area contributed by atoms with E-state index in [1.54, 1.807) is 45.0 Å². The monoisotopic (exact) mass is 855 g/mol. The molecule has 5 rings (SSSR count). The second-order valence-corrected chi connectivity index (χ2v) is 16.4. The average Bonchev–Trinajstić information content (AvgIpc) is 3.76. The molecule has 0 saturated carbocycles. The van der Waals surface area contributed by atoms with Crippen molar-refractivity contribution in [2.24, 2.45) is 13.0 Å². The van der Waals surface area contributed by atoms with Crippen LogP contribution in [0.3, 0.4) is 0 Å². The highest BCUT2D eigenvalue weighted by molar-refractivity contribution is 9.10. The lowest BCUT2D eigenvalue weighted by molar-refractivity contribution is -0.151. The number of aromatic amines is 1. The van der Waals surface area contributed by atoms with Crippen LogP contribution in [0.25, 0.3) is 22.3 Å². The molecule has 0 aliphatic carbocycles. The first kappa shape index (κ1) is 41.8. The number of aromatic nitrogens is 4. The van der Waals surface area contributed by atoms with Crippen LogP contribution in [-0.4, -0.2) is 75.9 Å². The largest absolute Gasteiger partial charge is 0.463 e. The lowest BCUT2D eigenvalue weighted by Gasteiger charge is -2.22. The van der Waals surface area contributed by atoms with E-state index in [-0.39, 0.29) is 45.5 Å². The van der Waals surface area contributed by atoms with Gasteiger partial charge in [-0.1, -0.05) is 31.2 Å². The fourth-order valence-electron chi connectivity index (χ4n) is 5.80. The molecule has 0 amide bonds. The number of aliphatic hydroxyl groups excluding tert-OH is 1. The van der Waals surface area contributed by atoms with Crippen molar-refractivity contribution >= 4 is 42.6 Å². The van der Waals surface area contributed by atoms with Crippen LogP contribution in [0.15, 0.2) is 59.2 Å². The Morgan fingerprint density at radius 3 is 2.53 bits per heavy atom. The summed E-state index contributed by atoms with van der Waals surface area (Å²) in [6.07, 6.45) is 0.330. The lowest BCUT2D eigenvalue weighted by Crippen LogP contribution is -2.37. The molecule has 0 aliphatic rings. The van der Waals surface area contributed by atoms with E-state index in [0.717, 1.165) is 6.07 Å². The van der Waals surface area contributed by atoms with Gasteiger partial charge in [-0.05, 0) is 71.6 Å². The number of benzene rings is 3. The Kier molecular flexibility index (Phi) is 13.0. The molecular formula is C37H39BrF5N5O6S. The summed E-state index contributed by atoms with van der Waals surface area (Å²) in [4.78, 5) is 19.7. The molecule has 296 valence electrons. The van der Waals surface area contributed by atoms with Crippen molar-refractivity contribution in [1.29, 1.82) is 0 Å². The van der Waals surface area contributed by atoms with Crippen LogP contribution in [-0.2, 0) is 32.8 Å². The maximum Gasteiger partial charge on any atom is 0.309 e. The molecule has 0 bridgehead atoms. The molecule has 0 aliphatic heterocycles. The molecule has 5 aromatic rings. The number of H-pyrrole nitrogens is 1. The molecule has 2 aromatic heterocycles. The lowest BCUT2D eigenvalue weighted by atomic mass is 9.96. The van der Waals surface area contributed by atoms with Gasteiger partial charge in [0.1, 0.15) is 11.6 Å². The van der Waals surface area contributed by atoms with Crippen molar-refractivity contribution in [3.63, 3.8) is 0 Å². The maximum atomic E-state index is 15.5. The van der Waals surface area contributed by atoms with Gasteiger partial charge in [-0.25, -0.2) is 35.6 Å². The number of fused-ring (bicyclic) bond motifs is 1. The van der Waals surface area contributed by atoms with Crippen molar-refractivity contribution in [3.8, 4) is 22.9 Å². The summed E-state index contributed by atoms with van der Waals surface area (Å²) in [5.41, 5.74) is 0.828. The third-order valence-electron chi connectivity index (χ3n) is 8.56. The van der Waals surface area contributed by atoms with Crippen LogP contribution in [0.1, 0.15) is 50.2 Å². The summed E-state index contributed by atoms with van der Waals surface area (Å²) < 4.78 is 112. The zero-order valence-electron chi connectivity index (χ0n) is 30.2. The van der Waals surface area contributed by atoms with Gasteiger partial charge in [0.25, 0.3) is 5.92 Å². The van der Waals surface area contributed by atoms with Gasteiger partial charge in [0.15, 0.2) is 33.1 Å². The van der Waals surface area contributed by atoms with E-state index < -0.39 is 88.0 Å². The molecule has 0 radical (unpaired) electrons. The fraction of sp³-hybridized carbons (Fsp3) is 0.378. The number of sulfone groups is 1. The number of alkyl halides is 2. The van der Waals surface area contributed by atoms with Gasteiger partial charge in [-0.2, -0.15) is 9.49 Å². The van der Waals surface area contributed by atoms with Crippen molar-refractivity contribution in [2.45, 2.75) is 51.7 Å². The highest BCUT2D eigenvalue weighted by Crippen LogP contribution is 2.41. The Balaban J connectivity index is 1.49. The number of halogens is 6. The third kappa shape index (κ3) is 10.1. The summed E-state index contributed by atoms with van der Waals surface area (Å²) in [7, 11) is -2.48. The molecule has 1 unspecified atom stereocenters. The number of esters is 1. The van der Waals surface area contributed by atoms with E-state index in [1.165, 1.54) is 36.1 Å². The van der Waals surface area contributed by atoms with E-state index in [2.05, 4.69) is 36.3 Å². The second kappa shape index (κ2) is 17.2. The molecule has 18 heteroatoms. The third-order valence-corrected chi connectivity index (χ3v) is 11.0. The van der Waals surface area contributed by atoms with Crippen molar-refractivity contribution in [1.82, 2.24) is 25.1 Å². The fourth-order valence-corrected chi connectivity index (χ4v) is 7.48. The highest BCUT2D eigenvalue weighted by atomic mass is 79.9. The first-order chi connectivity index (χ1) is 25.9. The van der Waals surface area contributed by atoms with E-state index in [1.807, 2.05) is 0 Å². The number of rotatable bonds is 17. The molecular weight excluding hydrogens is 817 g/mol. The van der Waals surface area contributed by atoms with E-state index in [9.17, 15) is 17.6 Å². The molecule has 11 nitrogen and oxygen atoms in total. The minimum absolute atomic E-state index is 0.0647. The van der Waals surface area contributed by atoms with Gasteiger partial charge >= 0.3 is 5.97 Å². The summed E-state index contributed by atoms with van der Waals surface area (Å²) >= 11 is 3.25. The van der Waals surface area contributed by atoms with Gasteiger partial charge in [-0.15, -0.1) is 0 Å². The Labute approximate surface area is 322 Å². The number of hydrogen-bond donors (Lipinski definition) is 3. The molecule has 0 spiro atoms. The minimum Gasteiger partial charge on any atom is -0.463 e. The Bertz CT molecular complexity index is 2280. The minimum atomic E-state index is -3.93. The Hall–Kier alpha value is -4.39. The smallest absolute Gasteiger partial charge is 0.309 e. The summed E-state index contributed by atoms with van der Waals surface area (Å²) in [5, 5.41) is 16.5. The number of hydrogen-bond acceptors (Lipinski definition) is 9. The Morgan fingerprint density at radius 1 is 1.07 bits per heavy atom. The topological polar surface area (TPSA) is 148 Å². The molecule has 0 saturated heterocycles. The summed E-state index contributed by atoms with van der Waals surface area (Å²) in [6, 6.07) is 10.5. The zero-order chi connectivity index (χ0) is 40.2. The van der Waals surface area contributed by atoms with Gasteiger partial charge < -0.3 is 19.6 Å². The van der Waals surface area contributed by atoms with Gasteiger partial charge in [0, 0.05) is 25.1 Å². The van der Waals surface area contributed by atoms with Crippen LogP contribution in [0.5, 0.6) is 11.5 Å². The molecule has 2 atom stereocenters. The molecule has 3 aromatic carbocycles. The molecule has 2 heterocycles. The number of aliphatic hydroxyl groups is 1. The highest BCUT2D eigenvalue weighted by Gasteiger charge is 2.34. The van der Waals surface area contributed by atoms with Gasteiger partial charge in [0.2, 0.25) is 5.82 Å². The van der Waals surface area contributed by atoms with Crippen LogP contribution >= 0.6 is 15.9 Å². The van der Waals surface area contributed by atoms with E-state index in [4.69, 9.17) is 14.6 Å². The van der Waals surface area contributed by atoms with Crippen LogP contribution in [0.4, 0.5) is 22.0 Å². The van der Waals surface area contributed by atoms with Crippen molar-refractivity contribution < 1.29 is 49.7 Å².